The Morgan fingerprint density at radius 2 is 2.05 bits per heavy atom. The Labute approximate surface area is 124 Å². The van der Waals surface area contributed by atoms with Crippen molar-refractivity contribution in [3.8, 4) is 0 Å². The van der Waals surface area contributed by atoms with E-state index in [0.717, 1.165) is 25.8 Å². The molecule has 2 atom stereocenters. The van der Waals surface area contributed by atoms with E-state index in [-0.39, 0.29) is 22.9 Å². The SMILES string of the molecule is CCCN(C(=O)c1c[nH]ccc1=O)C1CC2CCC(C1)N2. The van der Waals surface area contributed by atoms with Crippen LogP contribution in [0.5, 0.6) is 0 Å². The van der Waals surface area contributed by atoms with Gasteiger partial charge in [-0.2, -0.15) is 0 Å². The molecule has 2 unspecified atom stereocenters. The lowest BCUT2D eigenvalue weighted by Crippen LogP contribution is -2.51. The third kappa shape index (κ3) is 2.88. The molecule has 2 aliphatic rings. The quantitative estimate of drug-likeness (QED) is 0.883. The minimum absolute atomic E-state index is 0.120. The zero-order chi connectivity index (χ0) is 14.8. The molecular formula is C16H23N3O2. The van der Waals surface area contributed by atoms with Crippen LogP contribution in [-0.2, 0) is 0 Å². The Morgan fingerprint density at radius 3 is 2.67 bits per heavy atom. The van der Waals surface area contributed by atoms with Crippen molar-refractivity contribution in [1.29, 1.82) is 0 Å². The summed E-state index contributed by atoms with van der Waals surface area (Å²) < 4.78 is 0. The fraction of sp³-hybridized carbons (Fsp3) is 0.625. The minimum Gasteiger partial charge on any atom is -0.367 e. The molecule has 5 nitrogen and oxygen atoms in total. The second-order valence-corrected chi connectivity index (χ2v) is 6.18. The molecular weight excluding hydrogens is 266 g/mol. The molecule has 2 aliphatic heterocycles. The van der Waals surface area contributed by atoms with Crippen molar-refractivity contribution in [3.63, 3.8) is 0 Å². The van der Waals surface area contributed by atoms with Gasteiger partial charge in [0.2, 0.25) is 0 Å². The Hall–Kier alpha value is -1.62. The van der Waals surface area contributed by atoms with Gasteiger partial charge in [0, 0.05) is 43.1 Å². The van der Waals surface area contributed by atoms with Crippen LogP contribution in [0.3, 0.4) is 0 Å². The van der Waals surface area contributed by atoms with Gasteiger partial charge in [0.05, 0.1) is 0 Å². The number of aromatic amines is 1. The summed E-state index contributed by atoms with van der Waals surface area (Å²) in [6.45, 7) is 2.79. The van der Waals surface area contributed by atoms with Crippen LogP contribution in [0.4, 0.5) is 0 Å². The lowest BCUT2D eigenvalue weighted by molar-refractivity contribution is 0.0615. The van der Waals surface area contributed by atoms with E-state index in [1.807, 2.05) is 4.90 Å². The van der Waals surface area contributed by atoms with Gasteiger partial charge < -0.3 is 15.2 Å². The molecule has 1 aromatic heterocycles. The number of H-pyrrole nitrogens is 1. The molecule has 0 radical (unpaired) electrons. The van der Waals surface area contributed by atoms with Crippen molar-refractivity contribution >= 4 is 5.91 Å². The minimum atomic E-state index is -0.197. The zero-order valence-electron chi connectivity index (χ0n) is 12.5. The molecule has 2 N–H and O–H groups in total. The maximum absolute atomic E-state index is 12.8. The molecule has 2 bridgehead atoms. The van der Waals surface area contributed by atoms with Crippen LogP contribution in [0.15, 0.2) is 23.3 Å². The van der Waals surface area contributed by atoms with Gasteiger partial charge in [0.1, 0.15) is 5.56 Å². The number of hydrogen-bond acceptors (Lipinski definition) is 3. The van der Waals surface area contributed by atoms with E-state index in [2.05, 4.69) is 17.2 Å². The van der Waals surface area contributed by atoms with E-state index in [9.17, 15) is 9.59 Å². The van der Waals surface area contributed by atoms with Gasteiger partial charge in [-0.1, -0.05) is 6.92 Å². The monoisotopic (exact) mass is 289 g/mol. The highest BCUT2D eigenvalue weighted by Gasteiger charge is 2.37. The fourth-order valence-electron chi connectivity index (χ4n) is 3.71. The number of aromatic nitrogens is 1. The summed E-state index contributed by atoms with van der Waals surface area (Å²) in [4.78, 5) is 29.5. The standard InChI is InChI=1S/C16H23N3O2/c1-2-7-19(13-8-11-3-4-12(9-13)18-11)16(21)14-10-17-6-5-15(14)20/h5-6,10-13,18H,2-4,7-9H2,1H3,(H,17,20). The van der Waals surface area contributed by atoms with Crippen molar-refractivity contribution in [2.45, 2.75) is 57.2 Å². The summed E-state index contributed by atoms with van der Waals surface area (Å²) in [6, 6.07) is 2.75. The Kier molecular flexibility index (Phi) is 4.10. The highest BCUT2D eigenvalue weighted by molar-refractivity contribution is 5.94. The lowest BCUT2D eigenvalue weighted by atomic mass is 9.97. The van der Waals surface area contributed by atoms with Crippen molar-refractivity contribution in [2.75, 3.05) is 6.54 Å². The molecule has 3 rings (SSSR count). The molecule has 1 amide bonds. The van der Waals surface area contributed by atoms with Crippen molar-refractivity contribution in [2.24, 2.45) is 0 Å². The van der Waals surface area contributed by atoms with Gasteiger partial charge in [-0.3, -0.25) is 9.59 Å². The number of carbonyl (C=O) groups is 1. The van der Waals surface area contributed by atoms with Gasteiger partial charge in [-0.15, -0.1) is 0 Å². The number of rotatable bonds is 4. The second kappa shape index (κ2) is 6.02. The van der Waals surface area contributed by atoms with E-state index < -0.39 is 0 Å². The number of piperidine rings is 1. The first-order valence-corrected chi connectivity index (χ1v) is 7.93. The molecule has 2 saturated heterocycles. The van der Waals surface area contributed by atoms with Crippen molar-refractivity contribution in [1.82, 2.24) is 15.2 Å². The van der Waals surface area contributed by atoms with Crippen LogP contribution in [0.25, 0.3) is 0 Å². The molecule has 0 aliphatic carbocycles. The Morgan fingerprint density at radius 1 is 1.33 bits per heavy atom. The van der Waals surface area contributed by atoms with Crippen molar-refractivity contribution < 1.29 is 4.79 Å². The smallest absolute Gasteiger partial charge is 0.259 e. The number of amides is 1. The van der Waals surface area contributed by atoms with Gasteiger partial charge in [0.15, 0.2) is 5.43 Å². The topological polar surface area (TPSA) is 65.2 Å². The molecule has 0 aromatic carbocycles. The first-order valence-electron chi connectivity index (χ1n) is 7.93. The second-order valence-electron chi connectivity index (χ2n) is 6.18. The lowest BCUT2D eigenvalue weighted by Gasteiger charge is -2.37. The fourth-order valence-corrected chi connectivity index (χ4v) is 3.71. The summed E-state index contributed by atoms with van der Waals surface area (Å²) in [5, 5.41) is 3.60. The largest absolute Gasteiger partial charge is 0.367 e. The number of nitrogens with zero attached hydrogens (tertiary/aromatic N) is 1. The van der Waals surface area contributed by atoms with E-state index in [1.165, 1.54) is 25.1 Å². The summed E-state index contributed by atoms with van der Waals surface area (Å²) in [5.41, 5.74) is 0.0635. The van der Waals surface area contributed by atoms with Crippen LogP contribution < -0.4 is 10.7 Å². The van der Waals surface area contributed by atoms with E-state index in [1.54, 1.807) is 6.20 Å². The molecule has 1 aromatic rings. The van der Waals surface area contributed by atoms with E-state index in [4.69, 9.17) is 0 Å². The highest BCUT2D eigenvalue weighted by Crippen LogP contribution is 2.30. The molecule has 5 heteroatoms. The van der Waals surface area contributed by atoms with Gasteiger partial charge in [0.25, 0.3) is 5.91 Å². The Balaban J connectivity index is 1.82. The number of hydrogen-bond donors (Lipinski definition) is 2. The molecule has 114 valence electrons. The van der Waals surface area contributed by atoms with Crippen LogP contribution in [0.1, 0.15) is 49.4 Å². The van der Waals surface area contributed by atoms with Gasteiger partial charge in [-0.05, 0) is 32.1 Å². The first kappa shape index (κ1) is 14.3. The van der Waals surface area contributed by atoms with Crippen LogP contribution in [0.2, 0.25) is 0 Å². The van der Waals surface area contributed by atoms with Gasteiger partial charge in [-0.25, -0.2) is 0 Å². The van der Waals surface area contributed by atoms with Crippen LogP contribution >= 0.6 is 0 Å². The summed E-state index contributed by atoms with van der Waals surface area (Å²) in [5.74, 6) is -0.120. The molecule has 0 spiro atoms. The third-order valence-electron chi connectivity index (χ3n) is 4.67. The summed E-state index contributed by atoms with van der Waals surface area (Å²) >= 11 is 0. The maximum Gasteiger partial charge on any atom is 0.259 e. The number of pyridine rings is 1. The summed E-state index contributed by atoms with van der Waals surface area (Å²) in [7, 11) is 0. The van der Waals surface area contributed by atoms with E-state index in [0.29, 0.717) is 12.1 Å². The number of nitrogens with one attached hydrogen (secondary N) is 2. The Bertz CT molecular complexity index is 557. The third-order valence-corrected chi connectivity index (χ3v) is 4.67. The normalized spacial score (nSPS) is 27.6. The predicted octanol–water partition coefficient (Wildman–Crippen LogP) is 1.51. The van der Waals surface area contributed by atoms with Gasteiger partial charge >= 0.3 is 0 Å². The first-order chi connectivity index (χ1) is 10.2. The average Bonchev–Trinajstić information content (AvgIpc) is 2.83. The molecule has 2 fully saturated rings. The average molecular weight is 289 g/mol. The molecule has 21 heavy (non-hydrogen) atoms. The highest BCUT2D eigenvalue weighted by atomic mass is 16.2. The molecule has 0 saturated carbocycles. The van der Waals surface area contributed by atoms with E-state index >= 15 is 0 Å². The summed E-state index contributed by atoms with van der Waals surface area (Å²) in [6.07, 6.45) is 8.44. The zero-order valence-corrected chi connectivity index (χ0v) is 12.5. The molecule has 3 heterocycles. The maximum atomic E-state index is 12.8. The number of fused-ring (bicyclic) bond motifs is 2. The number of carbonyl (C=O) groups excluding carboxylic acids is 1. The van der Waals surface area contributed by atoms with Crippen molar-refractivity contribution in [3.05, 3.63) is 34.2 Å². The van der Waals surface area contributed by atoms with Crippen LogP contribution in [0, 0.1) is 0 Å². The predicted molar refractivity (Wildman–Crippen MR) is 81.4 cm³/mol. The van der Waals surface area contributed by atoms with Crippen LogP contribution in [-0.4, -0.2) is 40.5 Å².